The minimum absolute atomic E-state index is 0.0650. The van der Waals surface area contributed by atoms with Crippen LogP contribution in [0.3, 0.4) is 0 Å². The van der Waals surface area contributed by atoms with Crippen LogP contribution in [-0.2, 0) is 14.6 Å². The van der Waals surface area contributed by atoms with Gasteiger partial charge < -0.3 is 15.0 Å². The van der Waals surface area contributed by atoms with Gasteiger partial charge in [-0.2, -0.15) is 15.1 Å². The lowest BCUT2D eigenvalue weighted by molar-refractivity contribution is 0.0105. The fraction of sp³-hybridized carbons (Fsp3) is 0.542. The molecular weight excluding hydrogens is 504 g/mol. The fourth-order valence-corrected chi connectivity index (χ4v) is 6.69. The second-order valence-corrected chi connectivity index (χ2v) is 12.1. The Morgan fingerprint density at radius 1 is 1.08 bits per heavy atom. The maximum absolute atomic E-state index is 13.4. The highest BCUT2D eigenvalue weighted by Gasteiger charge is 2.35. The van der Waals surface area contributed by atoms with E-state index in [1.165, 1.54) is 12.1 Å². The van der Waals surface area contributed by atoms with Crippen molar-refractivity contribution in [1.82, 2.24) is 24.6 Å². The average molecular weight is 534 g/mol. The number of rotatable bonds is 6. The van der Waals surface area contributed by atoms with Crippen molar-refractivity contribution in [3.05, 3.63) is 36.0 Å². The maximum Gasteiger partial charge on any atom is 0.263 e. The Morgan fingerprint density at radius 3 is 2.57 bits per heavy atom. The molecule has 5 heterocycles. The zero-order valence-corrected chi connectivity index (χ0v) is 21.1. The molecule has 0 unspecified atom stereocenters. The summed E-state index contributed by atoms with van der Waals surface area (Å²) in [6.07, 6.45) is 0.0541. The van der Waals surface area contributed by atoms with Gasteiger partial charge in [-0.05, 0) is 25.0 Å². The second-order valence-electron chi connectivity index (χ2n) is 9.84. The molecule has 3 saturated heterocycles. The summed E-state index contributed by atoms with van der Waals surface area (Å²) in [6, 6.07) is 6.44. The summed E-state index contributed by atoms with van der Waals surface area (Å²) in [5.74, 6) is 1.38. The Bertz CT molecular complexity index is 1370. The standard InChI is InChI=1S/C24H29F2N7O3S/c25-21(26)16-2-1-3-18(12-16)33-23-20(13-27-33)22(32-14-19(15-32)31-6-8-36-9-7-31)29-24(30-23)28-17-4-10-37(34,35)11-5-17/h1-3,12-13,17,19,21H,4-11,14-15H2,(H,28,29,30). The Morgan fingerprint density at radius 2 is 1.84 bits per heavy atom. The predicted octanol–water partition coefficient (Wildman–Crippen LogP) is 2.26. The Hall–Kier alpha value is -2.90. The second kappa shape index (κ2) is 9.76. The molecule has 3 aliphatic rings. The molecule has 2 aromatic heterocycles. The molecule has 0 spiro atoms. The lowest BCUT2D eigenvalue weighted by atomic mass is 10.1. The molecule has 1 aromatic carbocycles. The van der Waals surface area contributed by atoms with Crippen molar-refractivity contribution in [2.75, 3.05) is 61.1 Å². The summed E-state index contributed by atoms with van der Waals surface area (Å²) in [7, 11) is -3.00. The minimum atomic E-state index is -3.00. The van der Waals surface area contributed by atoms with E-state index in [0.717, 1.165) is 50.6 Å². The van der Waals surface area contributed by atoms with Crippen LogP contribution in [-0.4, -0.2) is 96.0 Å². The van der Waals surface area contributed by atoms with Gasteiger partial charge >= 0.3 is 0 Å². The Balaban J connectivity index is 1.33. The van der Waals surface area contributed by atoms with Gasteiger partial charge in [0.05, 0.1) is 42.0 Å². The van der Waals surface area contributed by atoms with E-state index < -0.39 is 16.3 Å². The van der Waals surface area contributed by atoms with Crippen LogP contribution >= 0.6 is 0 Å². The molecule has 0 bridgehead atoms. The summed E-state index contributed by atoms with van der Waals surface area (Å²) < 4.78 is 57.5. The molecule has 0 aliphatic carbocycles. The lowest BCUT2D eigenvalue weighted by Crippen LogP contribution is -2.61. The molecule has 3 fully saturated rings. The average Bonchev–Trinajstić information content (AvgIpc) is 3.29. The van der Waals surface area contributed by atoms with Crippen molar-refractivity contribution >= 4 is 32.6 Å². The molecule has 0 saturated carbocycles. The van der Waals surface area contributed by atoms with Crippen LogP contribution in [0.4, 0.5) is 20.5 Å². The van der Waals surface area contributed by atoms with Gasteiger partial charge in [0, 0.05) is 43.8 Å². The zero-order chi connectivity index (χ0) is 25.6. The molecule has 37 heavy (non-hydrogen) atoms. The quantitative estimate of drug-likeness (QED) is 0.511. The van der Waals surface area contributed by atoms with E-state index in [0.29, 0.717) is 36.2 Å². The van der Waals surface area contributed by atoms with Gasteiger partial charge in [0.1, 0.15) is 15.7 Å². The normalized spacial score (nSPS) is 21.4. The van der Waals surface area contributed by atoms with Gasteiger partial charge in [-0.3, -0.25) is 4.90 Å². The molecule has 0 atom stereocenters. The summed E-state index contributed by atoms with van der Waals surface area (Å²) in [4.78, 5) is 14.2. The zero-order valence-electron chi connectivity index (χ0n) is 20.3. The number of sulfone groups is 1. The van der Waals surface area contributed by atoms with Crippen LogP contribution in [0.1, 0.15) is 24.8 Å². The number of aromatic nitrogens is 4. The van der Waals surface area contributed by atoms with Crippen LogP contribution in [0.2, 0.25) is 0 Å². The molecule has 1 N–H and O–H groups in total. The first-order valence-corrected chi connectivity index (χ1v) is 14.4. The number of hydrogen-bond donors (Lipinski definition) is 1. The number of fused-ring (bicyclic) bond motifs is 1. The molecule has 13 heteroatoms. The SMILES string of the molecule is O=S1(=O)CCC(Nc2nc(N3CC(N4CCOCC4)C3)c3cnn(-c4cccc(C(F)F)c4)c3n2)CC1. The van der Waals surface area contributed by atoms with Gasteiger partial charge in [-0.15, -0.1) is 0 Å². The number of nitrogens with one attached hydrogen (secondary N) is 1. The smallest absolute Gasteiger partial charge is 0.263 e. The van der Waals surface area contributed by atoms with Crippen LogP contribution in [0.25, 0.3) is 16.7 Å². The van der Waals surface area contributed by atoms with E-state index in [1.807, 2.05) is 0 Å². The van der Waals surface area contributed by atoms with Gasteiger partial charge in [0.25, 0.3) is 6.43 Å². The fourth-order valence-electron chi connectivity index (χ4n) is 5.20. The van der Waals surface area contributed by atoms with Gasteiger partial charge in [-0.25, -0.2) is 21.9 Å². The van der Waals surface area contributed by atoms with E-state index >= 15 is 0 Å². The first kappa shape index (κ1) is 24.4. The minimum Gasteiger partial charge on any atom is -0.379 e. The monoisotopic (exact) mass is 533 g/mol. The molecular formula is C24H29F2N7O3S. The van der Waals surface area contributed by atoms with E-state index in [4.69, 9.17) is 14.7 Å². The van der Waals surface area contributed by atoms with Gasteiger partial charge in [0.2, 0.25) is 5.95 Å². The van der Waals surface area contributed by atoms with Gasteiger partial charge in [-0.1, -0.05) is 12.1 Å². The summed E-state index contributed by atoms with van der Waals surface area (Å²) in [5, 5.41) is 8.55. The number of alkyl halides is 2. The predicted molar refractivity (Wildman–Crippen MR) is 135 cm³/mol. The summed E-state index contributed by atoms with van der Waals surface area (Å²) in [5.41, 5.74) is 0.910. The summed E-state index contributed by atoms with van der Waals surface area (Å²) in [6.45, 7) is 4.91. The highest BCUT2D eigenvalue weighted by atomic mass is 32.2. The molecule has 6 rings (SSSR count). The van der Waals surface area contributed by atoms with Crippen molar-refractivity contribution in [3.8, 4) is 5.69 Å². The molecule has 3 aliphatic heterocycles. The molecule has 0 radical (unpaired) electrons. The number of nitrogens with zero attached hydrogens (tertiary/aromatic N) is 6. The van der Waals surface area contributed by atoms with Crippen molar-refractivity contribution in [1.29, 1.82) is 0 Å². The summed E-state index contributed by atoms with van der Waals surface area (Å²) >= 11 is 0. The number of hydrogen-bond acceptors (Lipinski definition) is 9. The van der Waals surface area contributed by atoms with Gasteiger partial charge in [0.15, 0.2) is 5.65 Å². The van der Waals surface area contributed by atoms with Crippen molar-refractivity contribution in [2.45, 2.75) is 31.4 Å². The van der Waals surface area contributed by atoms with Crippen molar-refractivity contribution in [2.24, 2.45) is 0 Å². The Kier molecular flexibility index (Phi) is 6.45. The number of benzene rings is 1. The van der Waals surface area contributed by atoms with Crippen molar-refractivity contribution < 1.29 is 21.9 Å². The van der Waals surface area contributed by atoms with Crippen LogP contribution < -0.4 is 10.2 Å². The lowest BCUT2D eigenvalue weighted by Gasteiger charge is -2.47. The number of morpholine rings is 1. The number of ether oxygens (including phenoxy) is 1. The van der Waals surface area contributed by atoms with E-state index in [-0.39, 0.29) is 23.1 Å². The maximum atomic E-state index is 13.4. The van der Waals surface area contributed by atoms with E-state index in [9.17, 15) is 17.2 Å². The van der Waals surface area contributed by atoms with Crippen LogP contribution in [0.5, 0.6) is 0 Å². The highest BCUT2D eigenvalue weighted by Crippen LogP contribution is 2.32. The van der Waals surface area contributed by atoms with Crippen molar-refractivity contribution in [3.63, 3.8) is 0 Å². The third kappa shape index (κ3) is 4.99. The first-order chi connectivity index (χ1) is 17.9. The largest absolute Gasteiger partial charge is 0.379 e. The molecule has 10 nitrogen and oxygen atoms in total. The first-order valence-electron chi connectivity index (χ1n) is 12.5. The third-order valence-electron chi connectivity index (χ3n) is 7.39. The molecule has 0 amide bonds. The number of halogens is 2. The van der Waals surface area contributed by atoms with Crippen LogP contribution in [0.15, 0.2) is 30.5 Å². The third-order valence-corrected chi connectivity index (χ3v) is 9.10. The molecule has 198 valence electrons. The number of anilines is 2. The Labute approximate surface area is 213 Å². The topological polar surface area (TPSA) is 105 Å². The van der Waals surface area contributed by atoms with E-state index in [1.54, 1.807) is 23.0 Å². The van der Waals surface area contributed by atoms with E-state index in [2.05, 4.69) is 20.2 Å². The highest BCUT2D eigenvalue weighted by molar-refractivity contribution is 7.91. The van der Waals surface area contributed by atoms with Crippen LogP contribution in [0, 0.1) is 0 Å². The molecule has 3 aromatic rings.